The van der Waals surface area contributed by atoms with Gasteiger partial charge in [-0.15, -0.1) is 5.06 Å². The molecule has 0 aliphatic carbocycles. The van der Waals surface area contributed by atoms with E-state index >= 15 is 0 Å². The summed E-state index contributed by atoms with van der Waals surface area (Å²) in [6, 6.07) is 0. The highest BCUT2D eigenvalue weighted by Crippen LogP contribution is 2.22. The first kappa shape index (κ1) is 24.9. The highest BCUT2D eigenvalue weighted by Gasteiger charge is 2.37. The molecule has 0 N–H and O–H groups in total. The molecular weight excluding hydrogens is 378 g/mol. The molecule has 0 bridgehead atoms. The van der Waals surface area contributed by atoms with Gasteiger partial charge in [0.2, 0.25) is 6.10 Å². The molecule has 2 atom stereocenters. The fraction of sp³-hybridized carbons (Fsp3) is 0.647. The van der Waals surface area contributed by atoms with Crippen LogP contribution < -0.4 is 0 Å². The fourth-order valence-corrected chi connectivity index (χ4v) is 1.75. The highest BCUT2D eigenvalue weighted by molar-refractivity contribution is 6.02. The van der Waals surface area contributed by atoms with Crippen molar-refractivity contribution in [1.29, 1.82) is 0 Å². The molecule has 1 aliphatic heterocycles. The molecule has 11 heteroatoms. The molecule has 0 unspecified atom stereocenters. The summed E-state index contributed by atoms with van der Waals surface area (Å²) in [6.45, 7) is 8.35. The van der Waals surface area contributed by atoms with Crippen LogP contribution in [0.25, 0.3) is 0 Å². The van der Waals surface area contributed by atoms with Gasteiger partial charge in [0, 0.05) is 19.8 Å². The summed E-state index contributed by atoms with van der Waals surface area (Å²) in [6.07, 6.45) is -2.55. The van der Waals surface area contributed by atoms with Crippen LogP contribution in [0.4, 0.5) is 0 Å². The minimum Gasteiger partial charge on any atom is -0.462 e. The Morgan fingerprint density at radius 3 is 1.93 bits per heavy atom. The van der Waals surface area contributed by atoms with Gasteiger partial charge in [0.05, 0.1) is 6.42 Å². The van der Waals surface area contributed by atoms with Crippen LogP contribution in [-0.2, 0) is 47.9 Å². The maximum atomic E-state index is 12.1. The number of hydrogen-bond acceptors (Lipinski definition) is 10. The maximum absolute atomic E-state index is 12.1. The van der Waals surface area contributed by atoms with Gasteiger partial charge in [-0.2, -0.15) is 9.59 Å². The monoisotopic (exact) mass is 401 g/mol. The third-order valence-electron chi connectivity index (χ3n) is 3.64. The molecule has 1 saturated heterocycles. The minimum absolute atomic E-state index is 0.0739. The largest absolute Gasteiger partial charge is 0.462 e. The fourth-order valence-electron chi connectivity index (χ4n) is 1.75. The molecule has 0 saturated carbocycles. The second-order valence-corrected chi connectivity index (χ2v) is 6.88. The number of amides is 2. The van der Waals surface area contributed by atoms with Crippen molar-refractivity contribution in [1.82, 2.24) is 5.06 Å². The normalized spacial score (nSPS) is 15.5. The quantitative estimate of drug-likeness (QED) is 0.449. The summed E-state index contributed by atoms with van der Waals surface area (Å²) >= 11 is 0. The Labute approximate surface area is 161 Å². The second-order valence-electron chi connectivity index (χ2n) is 6.88. The van der Waals surface area contributed by atoms with Crippen molar-refractivity contribution in [3.05, 3.63) is 0 Å². The number of carbonyl (C=O) groups excluding carboxylic acids is 7. The summed E-state index contributed by atoms with van der Waals surface area (Å²) in [7, 11) is 0. The standard InChI is InChI=1S/C16H23NO8.CO2/c1-9(16(3,4)5)23-14(21)8-11(24-10(2)18)15(22)25-17-12(19)6-7-13(17)20;2-1-3/h9,11H,6-8H2,1-5H3;/t9-,11-;/m0./s1. The zero-order chi connectivity index (χ0) is 22.1. The van der Waals surface area contributed by atoms with E-state index in [1.165, 1.54) is 0 Å². The van der Waals surface area contributed by atoms with Gasteiger partial charge in [-0.1, -0.05) is 20.8 Å². The average molecular weight is 401 g/mol. The third-order valence-corrected chi connectivity index (χ3v) is 3.64. The third kappa shape index (κ3) is 8.54. The Morgan fingerprint density at radius 1 is 1.07 bits per heavy atom. The second kappa shape index (κ2) is 10.9. The van der Waals surface area contributed by atoms with Crippen LogP contribution in [-0.4, -0.2) is 53.1 Å². The van der Waals surface area contributed by atoms with Gasteiger partial charge in [0.1, 0.15) is 6.10 Å². The number of rotatable bonds is 6. The summed E-state index contributed by atoms with van der Waals surface area (Å²) in [5, 5.41) is 0.321. The first-order valence-electron chi connectivity index (χ1n) is 8.27. The Kier molecular flexibility index (Phi) is 9.73. The summed E-state index contributed by atoms with van der Waals surface area (Å²) in [5.74, 6) is -4.14. The molecule has 1 fully saturated rings. The summed E-state index contributed by atoms with van der Waals surface area (Å²) in [5.41, 5.74) is -0.318. The van der Waals surface area contributed by atoms with Crippen LogP contribution in [0.1, 0.15) is 53.9 Å². The lowest BCUT2D eigenvalue weighted by Crippen LogP contribution is -2.40. The van der Waals surface area contributed by atoms with E-state index in [1.807, 2.05) is 20.8 Å². The molecule has 2 amide bonds. The van der Waals surface area contributed by atoms with Gasteiger partial charge in [-0.25, -0.2) is 4.79 Å². The van der Waals surface area contributed by atoms with Crippen molar-refractivity contribution >= 4 is 35.9 Å². The molecule has 156 valence electrons. The van der Waals surface area contributed by atoms with Crippen LogP contribution in [0.5, 0.6) is 0 Å². The molecule has 1 aliphatic rings. The van der Waals surface area contributed by atoms with Crippen LogP contribution in [0.2, 0.25) is 0 Å². The Balaban J connectivity index is 0.00000227. The highest BCUT2D eigenvalue weighted by atomic mass is 16.7. The van der Waals surface area contributed by atoms with E-state index in [4.69, 9.17) is 19.1 Å². The van der Waals surface area contributed by atoms with Crippen LogP contribution in [0.3, 0.4) is 0 Å². The van der Waals surface area contributed by atoms with Gasteiger partial charge in [0.25, 0.3) is 11.8 Å². The molecular formula is C17H23NO10. The van der Waals surface area contributed by atoms with Crippen molar-refractivity contribution in [2.75, 3.05) is 0 Å². The van der Waals surface area contributed by atoms with Crippen molar-refractivity contribution in [2.24, 2.45) is 5.41 Å². The number of ether oxygens (including phenoxy) is 2. The van der Waals surface area contributed by atoms with E-state index in [1.54, 1.807) is 6.92 Å². The van der Waals surface area contributed by atoms with Crippen LogP contribution in [0.15, 0.2) is 0 Å². The van der Waals surface area contributed by atoms with E-state index in [0.717, 1.165) is 6.92 Å². The Hall–Kier alpha value is -3.07. The van der Waals surface area contributed by atoms with E-state index in [9.17, 15) is 24.0 Å². The van der Waals surface area contributed by atoms with E-state index in [2.05, 4.69) is 4.84 Å². The summed E-state index contributed by atoms with van der Waals surface area (Å²) in [4.78, 5) is 79.1. The van der Waals surface area contributed by atoms with Gasteiger partial charge < -0.3 is 14.3 Å². The SMILES string of the molecule is CC(=O)O[C@@H](CC(=O)O[C@@H](C)C(C)(C)C)C(=O)ON1C(=O)CCC1=O.O=C=O. The Bertz CT molecular complexity index is 641. The molecule has 1 rings (SSSR count). The van der Waals surface area contributed by atoms with Gasteiger partial charge in [-0.05, 0) is 12.3 Å². The molecule has 11 nitrogen and oxygen atoms in total. The van der Waals surface area contributed by atoms with E-state index < -0.39 is 48.4 Å². The Morgan fingerprint density at radius 2 is 1.54 bits per heavy atom. The number of imide groups is 1. The molecule has 1 heterocycles. The zero-order valence-electron chi connectivity index (χ0n) is 16.3. The summed E-state index contributed by atoms with van der Waals surface area (Å²) < 4.78 is 9.97. The molecule has 0 spiro atoms. The number of carbonyl (C=O) groups is 5. The first-order chi connectivity index (χ1) is 12.8. The van der Waals surface area contributed by atoms with Gasteiger partial charge in [0.15, 0.2) is 0 Å². The van der Waals surface area contributed by atoms with Crippen LogP contribution in [0, 0.1) is 5.41 Å². The number of esters is 2. The predicted molar refractivity (Wildman–Crippen MR) is 87.4 cm³/mol. The van der Waals surface area contributed by atoms with Crippen molar-refractivity contribution in [3.8, 4) is 0 Å². The van der Waals surface area contributed by atoms with Crippen molar-refractivity contribution in [2.45, 2.75) is 66.1 Å². The molecule has 0 aromatic carbocycles. The lowest BCUT2D eigenvalue weighted by Gasteiger charge is -2.27. The van der Waals surface area contributed by atoms with E-state index in [-0.39, 0.29) is 24.4 Å². The van der Waals surface area contributed by atoms with Crippen molar-refractivity contribution < 1.29 is 47.9 Å². The number of hydrogen-bond donors (Lipinski definition) is 0. The zero-order valence-corrected chi connectivity index (χ0v) is 16.3. The van der Waals surface area contributed by atoms with Gasteiger partial charge in [-0.3, -0.25) is 19.2 Å². The molecule has 0 aromatic heterocycles. The average Bonchev–Trinajstić information content (AvgIpc) is 2.85. The molecule has 0 radical (unpaired) electrons. The topological polar surface area (TPSA) is 150 Å². The smallest absolute Gasteiger partial charge is 0.374 e. The number of nitrogens with zero attached hydrogens (tertiary/aromatic N) is 1. The van der Waals surface area contributed by atoms with E-state index in [0.29, 0.717) is 5.06 Å². The van der Waals surface area contributed by atoms with Crippen LogP contribution >= 0.6 is 0 Å². The lowest BCUT2D eigenvalue weighted by atomic mass is 9.90. The van der Waals surface area contributed by atoms with Gasteiger partial charge >= 0.3 is 24.1 Å². The molecule has 0 aromatic rings. The lowest BCUT2D eigenvalue weighted by molar-refractivity contribution is -0.206. The molecule has 28 heavy (non-hydrogen) atoms. The first-order valence-corrected chi connectivity index (χ1v) is 8.27. The predicted octanol–water partition coefficient (Wildman–Crippen LogP) is 0.310. The number of hydroxylamine groups is 2. The minimum atomic E-state index is -1.61. The van der Waals surface area contributed by atoms with Crippen molar-refractivity contribution in [3.63, 3.8) is 0 Å². The maximum Gasteiger partial charge on any atom is 0.374 e.